The molecule has 0 radical (unpaired) electrons. The number of rotatable bonds is 6. The summed E-state index contributed by atoms with van der Waals surface area (Å²) in [6.07, 6.45) is 7.22. The van der Waals surface area contributed by atoms with Gasteiger partial charge in [0.2, 0.25) is 0 Å². The average Bonchev–Trinajstić information content (AvgIpc) is 3.33. The number of hydrogen-bond acceptors (Lipinski definition) is 6. The Labute approximate surface area is 191 Å². The molecule has 0 aliphatic heterocycles. The van der Waals surface area contributed by atoms with Crippen molar-refractivity contribution in [3.05, 3.63) is 60.3 Å². The Morgan fingerprint density at radius 2 is 2.06 bits per heavy atom. The van der Waals surface area contributed by atoms with Crippen molar-refractivity contribution in [2.45, 2.75) is 37.0 Å². The van der Waals surface area contributed by atoms with Crippen LogP contribution in [0.3, 0.4) is 0 Å². The van der Waals surface area contributed by atoms with Crippen LogP contribution in [0.4, 0.5) is 0 Å². The maximum Gasteiger partial charge on any atom is 0.269 e. The summed E-state index contributed by atoms with van der Waals surface area (Å²) in [4.78, 5) is 22.3. The van der Waals surface area contributed by atoms with E-state index in [2.05, 4.69) is 41.2 Å². The van der Waals surface area contributed by atoms with E-state index in [1.165, 1.54) is 0 Å². The highest BCUT2D eigenvalue weighted by Gasteiger charge is 2.20. The lowest BCUT2D eigenvalue weighted by Crippen LogP contribution is -2.25. The summed E-state index contributed by atoms with van der Waals surface area (Å²) in [5.41, 5.74) is 3.63. The third kappa shape index (κ3) is 4.62. The van der Waals surface area contributed by atoms with E-state index in [-0.39, 0.29) is 10.7 Å². The fourth-order valence-electron chi connectivity index (χ4n) is 3.32. The molecule has 0 saturated carbocycles. The van der Waals surface area contributed by atoms with Gasteiger partial charge in [-0.05, 0) is 17.7 Å². The average molecular weight is 451 g/mol. The van der Waals surface area contributed by atoms with E-state index < -0.39 is 0 Å². The molecule has 4 aromatic heterocycles. The van der Waals surface area contributed by atoms with Crippen LogP contribution in [0.2, 0.25) is 0 Å². The zero-order valence-electron chi connectivity index (χ0n) is 18.8. The second-order valence-corrected chi connectivity index (χ2v) is 10.2. The molecule has 9 heteroatoms. The van der Waals surface area contributed by atoms with E-state index in [0.29, 0.717) is 17.9 Å². The Morgan fingerprint density at radius 3 is 2.75 bits per heavy atom. The Morgan fingerprint density at radius 1 is 1.25 bits per heavy atom. The van der Waals surface area contributed by atoms with Gasteiger partial charge in [-0.25, -0.2) is 4.98 Å². The highest BCUT2D eigenvalue weighted by atomic mass is 32.2. The van der Waals surface area contributed by atoms with Crippen molar-refractivity contribution in [3.63, 3.8) is 0 Å². The minimum atomic E-state index is -0.199. The number of methoxy groups -OCH3 is 1. The largest absolute Gasteiger partial charge is 0.495 e. The monoisotopic (exact) mass is 450 g/mol. The standard InChI is InChI=1S/C23H26N6O2S/c1-23(2,3)32-20-14-29-18(13-25-21(29)10-19(20)31-5)16-9-17(28(4)27-16)22(30)26-12-15-7-6-8-24-11-15/h6-11,13-14H,12H2,1-5H3,(H,26,30). The van der Waals surface area contributed by atoms with Crippen LogP contribution in [0.15, 0.2) is 53.9 Å². The number of nitrogens with zero attached hydrogens (tertiary/aromatic N) is 5. The van der Waals surface area contributed by atoms with Crippen molar-refractivity contribution < 1.29 is 9.53 Å². The first-order valence-electron chi connectivity index (χ1n) is 10.2. The number of hydrogen-bond donors (Lipinski definition) is 1. The van der Waals surface area contributed by atoms with Gasteiger partial charge in [0.25, 0.3) is 5.91 Å². The smallest absolute Gasteiger partial charge is 0.269 e. The fraction of sp³-hybridized carbons (Fsp3) is 0.304. The van der Waals surface area contributed by atoms with E-state index in [1.54, 1.807) is 55.3 Å². The third-order valence-electron chi connectivity index (χ3n) is 4.76. The third-order valence-corrected chi connectivity index (χ3v) is 5.90. The van der Waals surface area contributed by atoms with E-state index in [4.69, 9.17) is 4.74 Å². The Balaban J connectivity index is 1.64. The summed E-state index contributed by atoms with van der Waals surface area (Å²) >= 11 is 1.72. The Bertz CT molecular complexity index is 1260. The van der Waals surface area contributed by atoms with Crippen molar-refractivity contribution in [2.24, 2.45) is 7.05 Å². The molecular weight excluding hydrogens is 424 g/mol. The molecule has 166 valence electrons. The van der Waals surface area contributed by atoms with E-state index in [1.807, 2.05) is 28.8 Å². The number of nitrogens with one attached hydrogen (secondary N) is 1. The maximum absolute atomic E-state index is 12.7. The number of ether oxygens (including phenoxy) is 1. The first-order valence-corrected chi connectivity index (χ1v) is 11.0. The minimum absolute atomic E-state index is 0.0201. The summed E-state index contributed by atoms with van der Waals surface area (Å²) in [6, 6.07) is 7.46. The molecule has 32 heavy (non-hydrogen) atoms. The van der Waals surface area contributed by atoms with Crippen LogP contribution in [0.5, 0.6) is 5.75 Å². The Kier molecular flexibility index (Phi) is 5.92. The molecular formula is C23H26N6O2S. The van der Waals surface area contributed by atoms with Gasteiger partial charge in [-0.3, -0.25) is 18.9 Å². The van der Waals surface area contributed by atoms with Gasteiger partial charge in [0.1, 0.15) is 22.8 Å². The summed E-state index contributed by atoms with van der Waals surface area (Å²) in [5, 5.41) is 7.49. The van der Waals surface area contributed by atoms with Crippen LogP contribution in [0, 0.1) is 0 Å². The number of aromatic nitrogens is 5. The number of fused-ring (bicyclic) bond motifs is 1. The van der Waals surface area contributed by atoms with Gasteiger partial charge in [0, 0.05) is 43.0 Å². The Hall–Kier alpha value is -3.33. The normalized spacial score (nSPS) is 11.7. The summed E-state index contributed by atoms with van der Waals surface area (Å²) in [6.45, 7) is 6.87. The molecule has 0 aromatic carbocycles. The van der Waals surface area contributed by atoms with Gasteiger partial charge >= 0.3 is 0 Å². The fourth-order valence-corrected chi connectivity index (χ4v) is 4.38. The minimum Gasteiger partial charge on any atom is -0.495 e. The molecule has 0 saturated heterocycles. The number of pyridine rings is 2. The molecule has 4 heterocycles. The number of thioether (sulfide) groups is 1. The predicted octanol–water partition coefficient (Wildman–Crippen LogP) is 3.96. The molecule has 8 nitrogen and oxygen atoms in total. The number of aryl methyl sites for hydroxylation is 1. The van der Waals surface area contributed by atoms with Crippen molar-refractivity contribution >= 4 is 23.3 Å². The number of amides is 1. The molecule has 4 rings (SSSR count). The van der Waals surface area contributed by atoms with Crippen molar-refractivity contribution in [1.82, 2.24) is 29.5 Å². The zero-order chi connectivity index (χ0) is 22.9. The second-order valence-electron chi connectivity index (χ2n) is 8.37. The van der Waals surface area contributed by atoms with Gasteiger partial charge in [-0.1, -0.05) is 26.8 Å². The van der Waals surface area contributed by atoms with E-state index in [9.17, 15) is 4.79 Å². The SMILES string of the molecule is COc1cc2ncc(-c3cc(C(=O)NCc4cccnc4)n(C)n3)n2cc1SC(C)(C)C. The molecule has 0 atom stereocenters. The van der Waals surface area contributed by atoms with Crippen LogP contribution < -0.4 is 10.1 Å². The molecule has 0 bridgehead atoms. The maximum atomic E-state index is 12.7. The van der Waals surface area contributed by atoms with Gasteiger partial charge in [-0.2, -0.15) is 5.10 Å². The van der Waals surface area contributed by atoms with Gasteiger partial charge in [-0.15, -0.1) is 11.8 Å². The van der Waals surface area contributed by atoms with E-state index in [0.717, 1.165) is 27.5 Å². The quantitative estimate of drug-likeness (QED) is 0.448. The molecule has 0 spiro atoms. The van der Waals surface area contributed by atoms with Crippen LogP contribution in [0.1, 0.15) is 36.8 Å². The van der Waals surface area contributed by atoms with Gasteiger partial charge in [0.15, 0.2) is 0 Å². The molecule has 0 unspecified atom stereocenters. The molecule has 4 aromatic rings. The molecule has 0 fully saturated rings. The zero-order valence-corrected chi connectivity index (χ0v) is 19.6. The van der Waals surface area contributed by atoms with Crippen molar-refractivity contribution in [3.8, 4) is 17.1 Å². The molecule has 1 N–H and O–H groups in total. The number of carbonyl (C=O) groups is 1. The molecule has 0 aliphatic rings. The van der Waals surface area contributed by atoms with Gasteiger partial charge < -0.3 is 10.1 Å². The first-order chi connectivity index (χ1) is 15.2. The summed E-state index contributed by atoms with van der Waals surface area (Å²) < 4.78 is 9.17. The topological polar surface area (TPSA) is 86.3 Å². The lowest BCUT2D eigenvalue weighted by molar-refractivity contribution is 0.0941. The highest BCUT2D eigenvalue weighted by molar-refractivity contribution is 8.00. The molecule has 0 aliphatic carbocycles. The lowest BCUT2D eigenvalue weighted by Gasteiger charge is -2.19. The predicted molar refractivity (Wildman–Crippen MR) is 125 cm³/mol. The van der Waals surface area contributed by atoms with Crippen LogP contribution in [0.25, 0.3) is 17.0 Å². The van der Waals surface area contributed by atoms with Crippen LogP contribution in [-0.4, -0.2) is 41.9 Å². The second kappa shape index (κ2) is 8.66. The van der Waals surface area contributed by atoms with Crippen LogP contribution in [-0.2, 0) is 13.6 Å². The number of carbonyl (C=O) groups excluding carboxylic acids is 1. The first kappa shape index (κ1) is 21.9. The summed E-state index contributed by atoms with van der Waals surface area (Å²) in [5.74, 6) is 0.584. The highest BCUT2D eigenvalue weighted by Crippen LogP contribution is 2.39. The summed E-state index contributed by atoms with van der Waals surface area (Å²) in [7, 11) is 3.42. The lowest BCUT2D eigenvalue weighted by atomic mass is 10.2. The van der Waals surface area contributed by atoms with Gasteiger partial charge in [0.05, 0.1) is 23.9 Å². The number of imidazole rings is 1. The van der Waals surface area contributed by atoms with E-state index >= 15 is 0 Å². The van der Waals surface area contributed by atoms with Crippen LogP contribution >= 0.6 is 11.8 Å². The van der Waals surface area contributed by atoms with Crippen molar-refractivity contribution in [1.29, 1.82) is 0 Å². The molecule has 1 amide bonds. The van der Waals surface area contributed by atoms with Crippen molar-refractivity contribution in [2.75, 3.05) is 7.11 Å².